The number of hydrogen-bond acceptors (Lipinski definition) is 3. The van der Waals surface area contributed by atoms with E-state index in [1.165, 1.54) is 0 Å². The summed E-state index contributed by atoms with van der Waals surface area (Å²) in [6.45, 7) is 0. The van der Waals surface area contributed by atoms with Crippen molar-refractivity contribution >= 4 is 36.7 Å². The number of hydrogen-bond donors (Lipinski definition) is 0. The SMILES string of the molecule is O=C1[O][BiH][S]c2ccccc21. The van der Waals surface area contributed by atoms with Crippen molar-refractivity contribution in [2.24, 2.45) is 0 Å². The molecule has 1 aliphatic rings. The number of carbonyl (C=O) groups excluding carboxylic acids is 1. The van der Waals surface area contributed by atoms with Gasteiger partial charge in [0.1, 0.15) is 0 Å². The summed E-state index contributed by atoms with van der Waals surface area (Å²) in [5, 5.41) is 0. The minimum absolute atomic E-state index is 0.123. The van der Waals surface area contributed by atoms with E-state index in [9.17, 15) is 4.79 Å². The second-order valence-electron chi connectivity index (χ2n) is 2.07. The average Bonchev–Trinajstić information content (AvgIpc) is 2.06. The summed E-state index contributed by atoms with van der Waals surface area (Å²) in [5.41, 5.74) is 0.733. The van der Waals surface area contributed by atoms with Crippen LogP contribution in [0.1, 0.15) is 10.4 Å². The van der Waals surface area contributed by atoms with Crippen molar-refractivity contribution in [2.45, 2.75) is 4.90 Å². The maximum atomic E-state index is 11.1. The van der Waals surface area contributed by atoms with Gasteiger partial charge < -0.3 is 0 Å². The van der Waals surface area contributed by atoms with Crippen LogP contribution >= 0.6 is 8.52 Å². The van der Waals surface area contributed by atoms with E-state index in [0.29, 0.717) is 0 Å². The maximum absolute atomic E-state index is 11.1. The van der Waals surface area contributed by atoms with Gasteiger partial charge in [0, 0.05) is 0 Å². The van der Waals surface area contributed by atoms with Crippen LogP contribution in [0.5, 0.6) is 0 Å². The Hall–Kier alpha value is -0.0769. The fourth-order valence-electron chi connectivity index (χ4n) is 0.883. The molecule has 56 valence electrons. The topological polar surface area (TPSA) is 26.3 Å². The Balaban J connectivity index is 2.52. The van der Waals surface area contributed by atoms with Gasteiger partial charge in [-0.05, 0) is 0 Å². The van der Waals surface area contributed by atoms with Crippen LogP contribution in [0, 0.1) is 0 Å². The zero-order valence-electron chi connectivity index (χ0n) is 5.53. The van der Waals surface area contributed by atoms with Gasteiger partial charge in [-0.3, -0.25) is 0 Å². The van der Waals surface area contributed by atoms with Crippen molar-refractivity contribution in [3.05, 3.63) is 29.8 Å². The molecule has 1 aromatic rings. The van der Waals surface area contributed by atoms with Gasteiger partial charge in [-0.1, -0.05) is 0 Å². The molecule has 0 bridgehead atoms. The zero-order chi connectivity index (χ0) is 7.68. The standard InChI is InChI=1S/C7H6O2S.Bi.H/c8-7(9)5-3-1-2-4-6(5)10;;/h1-4,10H,(H,8,9);;/q;+2;/p-2. The zero-order valence-corrected chi connectivity index (χ0v) is 10.2. The molecule has 2 rings (SSSR count). The van der Waals surface area contributed by atoms with Crippen LogP contribution in [-0.4, -0.2) is 28.2 Å². The van der Waals surface area contributed by atoms with E-state index < -0.39 is 22.2 Å². The summed E-state index contributed by atoms with van der Waals surface area (Å²) in [4.78, 5) is 12.2. The normalized spacial score (nSPS) is 15.5. The molecule has 0 unspecified atom stereocenters. The van der Waals surface area contributed by atoms with E-state index in [4.69, 9.17) is 2.81 Å². The van der Waals surface area contributed by atoms with Gasteiger partial charge in [0.15, 0.2) is 0 Å². The van der Waals surface area contributed by atoms with Gasteiger partial charge in [0.25, 0.3) is 0 Å². The second-order valence-corrected chi connectivity index (χ2v) is 8.00. The third kappa shape index (κ3) is 1.42. The summed E-state index contributed by atoms with van der Waals surface area (Å²) < 4.78 is 5.02. The molecule has 0 aliphatic carbocycles. The molecule has 0 N–H and O–H groups in total. The second kappa shape index (κ2) is 3.12. The van der Waals surface area contributed by atoms with Gasteiger partial charge in [-0.15, -0.1) is 0 Å². The molecule has 0 fully saturated rings. The van der Waals surface area contributed by atoms with Crippen molar-refractivity contribution in [3.63, 3.8) is 0 Å². The third-order valence-corrected chi connectivity index (χ3v) is 7.36. The van der Waals surface area contributed by atoms with E-state index in [2.05, 4.69) is 0 Å². The van der Waals surface area contributed by atoms with E-state index in [1.807, 2.05) is 24.3 Å². The molecule has 4 heteroatoms. The monoisotopic (exact) mass is 362 g/mol. The quantitative estimate of drug-likeness (QED) is 0.650. The van der Waals surface area contributed by atoms with Crippen LogP contribution in [0.4, 0.5) is 0 Å². The third-order valence-electron chi connectivity index (χ3n) is 1.39. The first-order valence-electron chi connectivity index (χ1n) is 3.10. The van der Waals surface area contributed by atoms with E-state index in [0.717, 1.165) is 10.5 Å². The van der Waals surface area contributed by atoms with Crippen molar-refractivity contribution in [2.75, 3.05) is 0 Å². The molecule has 1 aromatic carbocycles. The molecule has 0 saturated heterocycles. The van der Waals surface area contributed by atoms with Crippen LogP contribution in [0.2, 0.25) is 0 Å². The Morgan fingerprint density at radius 3 is 3.00 bits per heavy atom. The van der Waals surface area contributed by atoms with Crippen molar-refractivity contribution < 1.29 is 7.61 Å². The van der Waals surface area contributed by atoms with Crippen molar-refractivity contribution in [1.82, 2.24) is 0 Å². The molecular formula is C7H5BiO2S. The van der Waals surface area contributed by atoms with Gasteiger partial charge in [0.2, 0.25) is 0 Å². The molecule has 1 aliphatic heterocycles. The molecule has 0 amide bonds. The van der Waals surface area contributed by atoms with Crippen LogP contribution in [-0.2, 0) is 2.81 Å². The first-order valence-corrected chi connectivity index (χ1v) is 10.3. The van der Waals surface area contributed by atoms with Gasteiger partial charge in [-0.2, -0.15) is 0 Å². The molecule has 0 atom stereocenters. The number of fused-ring (bicyclic) bond motifs is 1. The minimum atomic E-state index is -1.13. The van der Waals surface area contributed by atoms with Crippen LogP contribution in [0.3, 0.4) is 0 Å². The van der Waals surface area contributed by atoms with E-state index >= 15 is 0 Å². The summed E-state index contributed by atoms with van der Waals surface area (Å²) in [6.07, 6.45) is 0. The molecule has 2 nitrogen and oxygen atoms in total. The molecule has 0 spiro atoms. The molecule has 11 heavy (non-hydrogen) atoms. The number of carbonyl (C=O) groups is 1. The molecule has 0 saturated carbocycles. The molecule has 0 aromatic heterocycles. The van der Waals surface area contributed by atoms with E-state index in [1.54, 1.807) is 8.52 Å². The van der Waals surface area contributed by atoms with Gasteiger partial charge in [-0.25, -0.2) is 0 Å². The average molecular weight is 362 g/mol. The molecular weight excluding hydrogens is 357 g/mol. The van der Waals surface area contributed by atoms with E-state index in [-0.39, 0.29) is 5.97 Å². The summed E-state index contributed by atoms with van der Waals surface area (Å²) in [5.74, 6) is -0.123. The van der Waals surface area contributed by atoms with Crippen molar-refractivity contribution in [3.8, 4) is 0 Å². The van der Waals surface area contributed by atoms with Gasteiger partial charge >= 0.3 is 79.0 Å². The Labute approximate surface area is 78.8 Å². The van der Waals surface area contributed by atoms with Crippen LogP contribution in [0.25, 0.3) is 0 Å². The first-order chi connectivity index (χ1) is 5.38. The van der Waals surface area contributed by atoms with Gasteiger partial charge in [0.05, 0.1) is 0 Å². The predicted octanol–water partition coefficient (Wildman–Crippen LogP) is 1.22. The Morgan fingerprint density at radius 1 is 1.36 bits per heavy atom. The fourth-order valence-corrected chi connectivity index (χ4v) is 6.42. The molecule has 0 radical (unpaired) electrons. The summed E-state index contributed by atoms with van der Waals surface area (Å²) in [7, 11) is 1.74. The Kier molecular flexibility index (Phi) is 2.14. The predicted molar refractivity (Wildman–Crippen MR) is 44.9 cm³/mol. The Bertz CT molecular complexity index is 300. The summed E-state index contributed by atoms with van der Waals surface area (Å²) >= 11 is -1.13. The molecule has 1 heterocycles. The Morgan fingerprint density at radius 2 is 2.18 bits per heavy atom. The van der Waals surface area contributed by atoms with Crippen molar-refractivity contribution in [1.29, 1.82) is 0 Å². The number of rotatable bonds is 0. The fraction of sp³-hybridized carbons (Fsp3) is 0. The first kappa shape index (κ1) is 7.57. The van der Waals surface area contributed by atoms with Crippen LogP contribution < -0.4 is 0 Å². The van der Waals surface area contributed by atoms with Crippen LogP contribution in [0.15, 0.2) is 29.2 Å². The summed E-state index contributed by atoms with van der Waals surface area (Å²) in [6, 6.07) is 7.61. The number of benzene rings is 1.